The maximum Gasteiger partial charge on any atom is 0.220 e. The van der Waals surface area contributed by atoms with Gasteiger partial charge in [-0.1, -0.05) is 251 Å². The Morgan fingerprint density at radius 2 is 0.722 bits per heavy atom. The van der Waals surface area contributed by atoms with Gasteiger partial charge in [0.25, 0.3) is 0 Å². The van der Waals surface area contributed by atoms with Gasteiger partial charge < -0.3 is 89.9 Å². The Morgan fingerprint density at radius 1 is 0.381 bits per heavy atom. The van der Waals surface area contributed by atoms with Crippen molar-refractivity contribution in [1.82, 2.24) is 5.32 Å². The molecule has 3 aliphatic heterocycles. The molecule has 0 radical (unpaired) electrons. The Bertz CT molecular complexity index is 2230. The summed E-state index contributed by atoms with van der Waals surface area (Å²) >= 11 is 0. The van der Waals surface area contributed by atoms with Gasteiger partial charge in [0.15, 0.2) is 18.9 Å². The maximum absolute atomic E-state index is 13.4. The number of aliphatic hydroxyl groups excluding tert-OH is 11. The highest BCUT2D eigenvalue weighted by atomic mass is 16.8. The summed E-state index contributed by atoms with van der Waals surface area (Å²) in [6, 6.07) is -1.00. The number of hydrogen-bond donors (Lipinski definition) is 12. The zero-order chi connectivity index (χ0) is 70.4. The Morgan fingerprint density at radius 3 is 1.15 bits per heavy atom. The second-order valence-corrected chi connectivity index (χ2v) is 26.0. The maximum atomic E-state index is 13.4. The van der Waals surface area contributed by atoms with Crippen molar-refractivity contribution in [3.63, 3.8) is 0 Å². The van der Waals surface area contributed by atoms with Crippen LogP contribution in [0.4, 0.5) is 0 Å². The average molecular weight is 1370 g/mol. The molecule has 17 unspecified atom stereocenters. The van der Waals surface area contributed by atoms with Crippen LogP contribution in [0.15, 0.2) is 122 Å². The number of amides is 1. The van der Waals surface area contributed by atoms with E-state index in [4.69, 9.17) is 28.4 Å². The zero-order valence-corrected chi connectivity index (χ0v) is 59.0. The number of nitrogens with one attached hydrogen (secondary N) is 1. The van der Waals surface area contributed by atoms with Crippen LogP contribution in [-0.4, -0.2) is 193 Å². The Hall–Kier alpha value is -3.81. The summed E-state index contributed by atoms with van der Waals surface area (Å²) in [4.78, 5) is 13.4. The van der Waals surface area contributed by atoms with Crippen molar-refractivity contribution in [2.75, 3.05) is 26.4 Å². The summed E-state index contributed by atoms with van der Waals surface area (Å²) in [5.74, 6) is -0.295. The molecule has 1 amide bonds. The Balaban J connectivity index is 1.38. The van der Waals surface area contributed by atoms with Crippen molar-refractivity contribution in [3.8, 4) is 0 Å². The third-order valence-electron chi connectivity index (χ3n) is 17.7. The molecule has 97 heavy (non-hydrogen) atoms. The van der Waals surface area contributed by atoms with Gasteiger partial charge in [-0.3, -0.25) is 4.79 Å². The van der Waals surface area contributed by atoms with E-state index in [2.05, 4.69) is 129 Å². The lowest BCUT2D eigenvalue weighted by Crippen LogP contribution is -2.66. The SMILES string of the molecule is CC/C=C\C/C=C\C/C=C\C/C=C\C/C=C\C/C=C\C/C=C\C/C=C\CCCCCCCCCCCCC(=O)NC(COC1OC(CO)C(OC2OC(CO)C(OC3OC(CO)C(O)C(O)C3O)C(O)C2O)C(O)C1O)C(O)/C=C/CC/C=C/CCCCCCCCCCCCC. The lowest BCUT2D eigenvalue weighted by Gasteiger charge is -2.48. The van der Waals surface area contributed by atoms with Crippen LogP contribution in [0, 0.1) is 0 Å². The molecule has 0 aliphatic carbocycles. The first-order valence-corrected chi connectivity index (χ1v) is 37.3. The topological polar surface area (TPSA) is 307 Å². The molecular formula is C78H131NO18. The molecule has 0 bridgehead atoms. The summed E-state index contributed by atoms with van der Waals surface area (Å²) < 4.78 is 34.3. The van der Waals surface area contributed by atoms with Gasteiger partial charge in [-0.05, 0) is 96.3 Å². The molecule has 3 rings (SSSR count). The first-order valence-electron chi connectivity index (χ1n) is 37.3. The number of carbonyl (C=O) groups excluding carboxylic acids is 1. The van der Waals surface area contributed by atoms with Crippen LogP contribution in [0.1, 0.15) is 232 Å². The van der Waals surface area contributed by atoms with Gasteiger partial charge in [0.2, 0.25) is 5.91 Å². The fourth-order valence-electron chi connectivity index (χ4n) is 11.8. The molecule has 3 saturated heterocycles. The Labute approximate surface area is 582 Å². The van der Waals surface area contributed by atoms with E-state index in [0.29, 0.717) is 12.8 Å². The number of hydrogen-bond acceptors (Lipinski definition) is 18. The standard InChI is InChI=1S/C78H131NO18/c1-3-5-7-9-11-13-15-17-19-21-22-23-24-25-26-27-28-29-30-31-32-33-34-35-36-37-38-40-42-44-46-48-50-52-54-56-66(84)79-61(62(83)55-53-51-49-47-45-43-41-39-20-18-16-14-12-10-8-6-4-2)60-92-76-72(90)69(87)74(64(58-81)94-76)97-78-73(91)70(88)75(65(59-82)95-78)96-77-71(89)68(86)67(85)63(57-80)93-77/h5,7,11,13,17,19,22-23,25-26,28-29,31-32,34-35,45,47,53,55,61-65,67-78,80-83,85-91H,3-4,6,8-10,12,14-16,18,20-21,24,27,30,33,36-44,46,48-52,54,56-60H2,1-2H3,(H,79,84)/b7-5-,13-11-,19-17-,23-22-,26-25-,29-28-,32-31-,35-34-,47-45+,55-53+. The fraction of sp³-hybridized carbons (Fsp3) is 0.731. The summed E-state index contributed by atoms with van der Waals surface area (Å²) in [5, 5.41) is 121. The van der Waals surface area contributed by atoms with E-state index < -0.39 is 124 Å². The van der Waals surface area contributed by atoms with Crippen LogP contribution in [-0.2, 0) is 33.2 Å². The van der Waals surface area contributed by atoms with Gasteiger partial charge in [-0.2, -0.15) is 0 Å². The number of rotatable bonds is 56. The zero-order valence-electron chi connectivity index (χ0n) is 59.0. The quantitative estimate of drug-likeness (QED) is 0.0199. The molecular weight excluding hydrogens is 1240 g/mol. The highest BCUT2D eigenvalue weighted by molar-refractivity contribution is 5.76. The van der Waals surface area contributed by atoms with Gasteiger partial charge in [0, 0.05) is 6.42 Å². The van der Waals surface area contributed by atoms with E-state index in [-0.39, 0.29) is 18.9 Å². The van der Waals surface area contributed by atoms with Crippen molar-refractivity contribution in [3.05, 3.63) is 122 Å². The third kappa shape index (κ3) is 38.7. The average Bonchev–Trinajstić information content (AvgIpc) is 0.792. The van der Waals surface area contributed by atoms with Crippen molar-refractivity contribution in [2.45, 2.75) is 336 Å². The van der Waals surface area contributed by atoms with E-state index in [1.54, 1.807) is 6.08 Å². The van der Waals surface area contributed by atoms with Crippen molar-refractivity contribution >= 4 is 5.91 Å². The van der Waals surface area contributed by atoms with Crippen LogP contribution in [0.25, 0.3) is 0 Å². The fourth-order valence-corrected chi connectivity index (χ4v) is 11.8. The number of aliphatic hydroxyl groups is 11. The van der Waals surface area contributed by atoms with Crippen molar-refractivity contribution in [1.29, 1.82) is 0 Å². The molecule has 3 heterocycles. The van der Waals surface area contributed by atoms with Gasteiger partial charge in [0.05, 0.1) is 38.6 Å². The molecule has 0 spiro atoms. The molecule has 17 atom stereocenters. The first kappa shape index (κ1) is 87.4. The monoisotopic (exact) mass is 1370 g/mol. The molecule has 0 aromatic carbocycles. The van der Waals surface area contributed by atoms with Crippen LogP contribution in [0.2, 0.25) is 0 Å². The smallest absolute Gasteiger partial charge is 0.220 e. The normalized spacial score (nSPS) is 27.6. The van der Waals surface area contributed by atoms with E-state index in [1.165, 1.54) is 96.3 Å². The summed E-state index contributed by atoms with van der Waals surface area (Å²) in [7, 11) is 0. The summed E-state index contributed by atoms with van der Waals surface area (Å²) in [5.41, 5.74) is 0. The molecule has 3 fully saturated rings. The van der Waals surface area contributed by atoms with Crippen molar-refractivity contribution < 1.29 is 89.4 Å². The van der Waals surface area contributed by atoms with Gasteiger partial charge >= 0.3 is 0 Å². The van der Waals surface area contributed by atoms with Crippen LogP contribution in [0.3, 0.4) is 0 Å². The van der Waals surface area contributed by atoms with E-state index in [1.807, 2.05) is 6.08 Å². The number of unbranched alkanes of at least 4 members (excludes halogenated alkanes) is 22. The number of carbonyl (C=O) groups is 1. The molecule has 0 saturated carbocycles. The second kappa shape index (κ2) is 57.8. The number of ether oxygens (including phenoxy) is 6. The minimum Gasteiger partial charge on any atom is -0.394 e. The Kier molecular flexibility index (Phi) is 52.1. The number of allylic oxidation sites excluding steroid dienone is 19. The summed E-state index contributed by atoms with van der Waals surface area (Å²) in [6.45, 7) is 1.59. The minimum atomic E-state index is -1.99. The molecule has 12 N–H and O–H groups in total. The van der Waals surface area contributed by atoms with E-state index >= 15 is 0 Å². The van der Waals surface area contributed by atoms with E-state index in [0.717, 1.165) is 103 Å². The van der Waals surface area contributed by atoms with Crippen LogP contribution in [0.5, 0.6) is 0 Å². The van der Waals surface area contributed by atoms with Crippen LogP contribution >= 0.6 is 0 Å². The van der Waals surface area contributed by atoms with E-state index in [9.17, 15) is 61.0 Å². The highest BCUT2D eigenvalue weighted by Crippen LogP contribution is 2.33. The summed E-state index contributed by atoms with van der Waals surface area (Å²) in [6.07, 6.45) is 53.2. The predicted molar refractivity (Wildman–Crippen MR) is 383 cm³/mol. The molecule has 0 aromatic rings. The van der Waals surface area contributed by atoms with Crippen molar-refractivity contribution in [2.24, 2.45) is 0 Å². The molecule has 19 nitrogen and oxygen atoms in total. The van der Waals surface area contributed by atoms with Gasteiger partial charge in [-0.25, -0.2) is 0 Å². The van der Waals surface area contributed by atoms with Crippen LogP contribution < -0.4 is 5.32 Å². The lowest BCUT2D eigenvalue weighted by molar-refractivity contribution is -0.379. The van der Waals surface area contributed by atoms with Gasteiger partial charge in [0.1, 0.15) is 73.2 Å². The first-order chi connectivity index (χ1) is 47.3. The third-order valence-corrected chi connectivity index (χ3v) is 17.7. The molecule has 3 aliphatic rings. The lowest BCUT2D eigenvalue weighted by atomic mass is 9.96. The molecule has 19 heteroatoms. The molecule has 0 aromatic heterocycles. The second-order valence-electron chi connectivity index (χ2n) is 26.0. The predicted octanol–water partition coefficient (Wildman–Crippen LogP) is 11.2. The molecule has 556 valence electrons. The largest absolute Gasteiger partial charge is 0.394 e. The minimum absolute atomic E-state index is 0.223. The van der Waals surface area contributed by atoms with Gasteiger partial charge in [-0.15, -0.1) is 0 Å². The highest BCUT2D eigenvalue weighted by Gasteiger charge is 2.53.